The van der Waals surface area contributed by atoms with E-state index in [1.807, 2.05) is 12.1 Å². The number of benzene rings is 1. The summed E-state index contributed by atoms with van der Waals surface area (Å²) in [4.78, 5) is 23.9. The third kappa shape index (κ3) is 8.03. The highest BCUT2D eigenvalue weighted by molar-refractivity contribution is 5.71. The summed E-state index contributed by atoms with van der Waals surface area (Å²) in [7, 11) is 0. The van der Waals surface area contributed by atoms with Gasteiger partial charge in [0.15, 0.2) is 0 Å². The fraction of sp³-hybridized carbons (Fsp3) is 0.692. The second-order valence-corrected chi connectivity index (χ2v) is 10.6. The van der Waals surface area contributed by atoms with E-state index < -0.39 is 12.2 Å². The van der Waals surface area contributed by atoms with Crippen LogP contribution in [0.4, 0.5) is 9.59 Å². The number of rotatable bonds is 10. The van der Waals surface area contributed by atoms with Crippen molar-refractivity contribution >= 4 is 12.2 Å². The molecule has 0 spiro atoms. The number of unbranched alkanes of at least 4 members (excludes halogenated alkanes) is 2. The normalized spacial score (nSPS) is 22.2. The Morgan fingerprint density at radius 1 is 1.09 bits per heavy atom. The Bertz CT molecular complexity index is 777. The van der Waals surface area contributed by atoms with Crippen molar-refractivity contribution in [2.75, 3.05) is 6.54 Å². The van der Waals surface area contributed by atoms with Crippen molar-refractivity contribution in [3.63, 3.8) is 0 Å². The van der Waals surface area contributed by atoms with Crippen molar-refractivity contribution in [2.24, 2.45) is 10.8 Å². The molecule has 32 heavy (non-hydrogen) atoms. The molecule has 2 rings (SSSR count). The summed E-state index contributed by atoms with van der Waals surface area (Å²) in [5.41, 5.74) is 2.21. The lowest BCUT2D eigenvalue weighted by molar-refractivity contribution is 0.0695. The first-order valence-corrected chi connectivity index (χ1v) is 12.1. The summed E-state index contributed by atoms with van der Waals surface area (Å²) in [5.74, 6) is 0.657. The molecule has 0 bridgehead atoms. The van der Waals surface area contributed by atoms with Gasteiger partial charge in [0.05, 0.1) is 0 Å². The van der Waals surface area contributed by atoms with Crippen molar-refractivity contribution in [2.45, 2.75) is 98.4 Å². The highest BCUT2D eigenvalue weighted by Gasteiger charge is 2.42. The second-order valence-electron chi connectivity index (χ2n) is 10.6. The molecule has 180 valence electrons. The fourth-order valence-corrected chi connectivity index (χ4v) is 5.41. The van der Waals surface area contributed by atoms with Crippen molar-refractivity contribution in [3.8, 4) is 5.75 Å². The molecule has 3 N–H and O–H groups in total. The first kappa shape index (κ1) is 26.0. The van der Waals surface area contributed by atoms with Crippen molar-refractivity contribution < 1.29 is 19.4 Å². The molecule has 0 radical (unpaired) electrons. The molecule has 1 aliphatic carbocycles. The molecule has 1 aliphatic rings. The molecule has 0 aliphatic heterocycles. The van der Waals surface area contributed by atoms with Crippen molar-refractivity contribution in [3.05, 3.63) is 29.3 Å². The van der Waals surface area contributed by atoms with Gasteiger partial charge in [-0.15, -0.1) is 0 Å². The quantitative estimate of drug-likeness (QED) is 0.393. The van der Waals surface area contributed by atoms with E-state index in [2.05, 4.69) is 51.3 Å². The van der Waals surface area contributed by atoms with E-state index in [0.717, 1.165) is 56.9 Å². The minimum atomic E-state index is -0.995. The summed E-state index contributed by atoms with van der Waals surface area (Å²) in [6.07, 6.45) is 7.27. The molecule has 0 saturated heterocycles. The van der Waals surface area contributed by atoms with Crippen molar-refractivity contribution in [1.82, 2.24) is 10.6 Å². The Hall–Kier alpha value is -2.24. The maximum Gasteiger partial charge on any atom is 0.412 e. The number of hydrogen-bond donors (Lipinski definition) is 3. The number of carbonyl (C=O) groups excluding carboxylic acids is 1. The highest BCUT2D eigenvalue weighted by Crippen LogP contribution is 2.45. The van der Waals surface area contributed by atoms with Crippen LogP contribution in [0.1, 0.15) is 90.7 Å². The van der Waals surface area contributed by atoms with Crippen LogP contribution in [0.15, 0.2) is 18.2 Å². The van der Waals surface area contributed by atoms with E-state index in [9.17, 15) is 9.59 Å². The van der Waals surface area contributed by atoms with Crippen LogP contribution >= 0.6 is 0 Å². The molecule has 1 saturated carbocycles. The van der Waals surface area contributed by atoms with E-state index in [-0.39, 0.29) is 16.9 Å². The molecular weight excluding hydrogens is 404 g/mol. The zero-order chi connectivity index (χ0) is 23.8. The zero-order valence-corrected chi connectivity index (χ0v) is 20.6. The second kappa shape index (κ2) is 11.6. The van der Waals surface area contributed by atoms with Gasteiger partial charge in [0.25, 0.3) is 0 Å². The summed E-state index contributed by atoms with van der Waals surface area (Å²) in [5, 5.41) is 14.8. The number of carboxylic acid groups (broad SMARTS) is 1. The van der Waals surface area contributed by atoms with Crippen LogP contribution in [0, 0.1) is 10.8 Å². The van der Waals surface area contributed by atoms with Gasteiger partial charge >= 0.3 is 12.2 Å². The Labute approximate surface area is 193 Å². The predicted octanol–water partition coefficient (Wildman–Crippen LogP) is 6.31. The number of hydrogen-bond acceptors (Lipinski definition) is 3. The maximum absolute atomic E-state index is 12.7. The average molecular weight is 447 g/mol. The molecule has 0 aromatic heterocycles. The van der Waals surface area contributed by atoms with Gasteiger partial charge in [0, 0.05) is 12.6 Å². The fourth-order valence-electron chi connectivity index (χ4n) is 5.41. The van der Waals surface area contributed by atoms with Crippen LogP contribution in [0.3, 0.4) is 0 Å². The summed E-state index contributed by atoms with van der Waals surface area (Å²) in [6.45, 7) is 11.2. The van der Waals surface area contributed by atoms with E-state index in [1.54, 1.807) is 0 Å². The molecule has 0 heterocycles. The standard InChI is InChI=1S/C26H42N2O4/c1-6-8-11-19-12-10-14-22(21(19)13-9-7-2)32-24(31)27-18-26(5)16-20(28-23(29)30)15-25(3,4)17-26/h10,12,14,20,28H,6-9,11,13,15-18H2,1-5H3,(H,27,31)(H,29,30). The monoisotopic (exact) mass is 446 g/mol. The smallest absolute Gasteiger partial charge is 0.412 e. The lowest BCUT2D eigenvalue weighted by Gasteiger charge is -2.46. The highest BCUT2D eigenvalue weighted by atomic mass is 16.6. The molecule has 1 fully saturated rings. The number of aryl methyl sites for hydroxylation is 1. The van der Waals surface area contributed by atoms with Gasteiger partial charge in [-0.2, -0.15) is 0 Å². The largest absolute Gasteiger partial charge is 0.465 e. The van der Waals surface area contributed by atoms with Gasteiger partial charge in [0.1, 0.15) is 5.75 Å². The van der Waals surface area contributed by atoms with Crippen LogP contribution in [0.2, 0.25) is 0 Å². The van der Waals surface area contributed by atoms with Crippen LogP contribution in [0.5, 0.6) is 5.75 Å². The minimum absolute atomic E-state index is 0.00731. The van der Waals surface area contributed by atoms with Gasteiger partial charge in [-0.05, 0) is 73.0 Å². The third-order valence-corrected chi connectivity index (χ3v) is 6.44. The van der Waals surface area contributed by atoms with Gasteiger partial charge < -0.3 is 20.5 Å². The first-order chi connectivity index (χ1) is 15.1. The van der Waals surface area contributed by atoms with Crippen LogP contribution in [-0.4, -0.2) is 29.9 Å². The van der Waals surface area contributed by atoms with Gasteiger partial charge in [-0.25, -0.2) is 9.59 Å². The maximum atomic E-state index is 12.7. The molecule has 6 nitrogen and oxygen atoms in total. The summed E-state index contributed by atoms with van der Waals surface area (Å²) in [6, 6.07) is 5.88. The SMILES string of the molecule is CCCCc1cccc(OC(=O)NCC2(C)CC(NC(=O)O)CC(C)(C)C2)c1CCCC. The van der Waals surface area contributed by atoms with Crippen LogP contribution in [-0.2, 0) is 12.8 Å². The topological polar surface area (TPSA) is 87.7 Å². The number of amides is 2. The van der Waals surface area contributed by atoms with Gasteiger partial charge in [-0.3, -0.25) is 0 Å². The Balaban J connectivity index is 2.06. The van der Waals surface area contributed by atoms with E-state index in [1.165, 1.54) is 5.56 Å². The number of ether oxygens (including phenoxy) is 1. The minimum Gasteiger partial charge on any atom is -0.465 e. The molecular formula is C26H42N2O4. The predicted molar refractivity (Wildman–Crippen MR) is 128 cm³/mol. The van der Waals surface area contributed by atoms with Crippen molar-refractivity contribution in [1.29, 1.82) is 0 Å². The van der Waals surface area contributed by atoms with Gasteiger partial charge in [0.2, 0.25) is 0 Å². The van der Waals surface area contributed by atoms with Gasteiger partial charge in [-0.1, -0.05) is 59.6 Å². The zero-order valence-electron chi connectivity index (χ0n) is 20.6. The summed E-state index contributed by atoms with van der Waals surface area (Å²) >= 11 is 0. The Morgan fingerprint density at radius 2 is 1.78 bits per heavy atom. The molecule has 1 aromatic rings. The van der Waals surface area contributed by atoms with Crippen LogP contribution < -0.4 is 15.4 Å². The molecule has 2 unspecified atom stereocenters. The third-order valence-electron chi connectivity index (χ3n) is 6.44. The van der Waals surface area contributed by atoms with E-state index >= 15 is 0 Å². The average Bonchev–Trinajstić information content (AvgIpc) is 2.68. The Morgan fingerprint density at radius 3 is 2.44 bits per heavy atom. The van der Waals surface area contributed by atoms with E-state index in [0.29, 0.717) is 18.7 Å². The lowest BCUT2D eigenvalue weighted by Crippen LogP contribution is -2.50. The van der Waals surface area contributed by atoms with Crippen LogP contribution in [0.25, 0.3) is 0 Å². The molecule has 2 amide bonds. The molecule has 1 aromatic carbocycles. The first-order valence-electron chi connectivity index (χ1n) is 12.1. The molecule has 2 atom stereocenters. The van der Waals surface area contributed by atoms with E-state index in [4.69, 9.17) is 9.84 Å². The lowest BCUT2D eigenvalue weighted by atomic mass is 9.62. The Kier molecular flexibility index (Phi) is 9.41. The summed E-state index contributed by atoms with van der Waals surface area (Å²) < 4.78 is 5.78. The molecule has 6 heteroatoms. The number of carbonyl (C=O) groups is 2. The number of nitrogens with one attached hydrogen (secondary N) is 2.